The molecule has 1 unspecified atom stereocenters. The third-order valence-corrected chi connectivity index (χ3v) is 3.11. The number of likely N-dealkylation sites (tertiary alicyclic amines) is 1. The van der Waals surface area contributed by atoms with Crippen molar-refractivity contribution in [3.63, 3.8) is 0 Å². The van der Waals surface area contributed by atoms with Crippen molar-refractivity contribution in [1.82, 2.24) is 4.90 Å². The van der Waals surface area contributed by atoms with Crippen molar-refractivity contribution in [2.45, 2.75) is 44.8 Å². The molecule has 3 nitrogen and oxygen atoms in total. The van der Waals surface area contributed by atoms with Crippen LogP contribution in [0, 0.1) is 0 Å². The Bertz CT molecular complexity index is 190. The van der Waals surface area contributed by atoms with Gasteiger partial charge in [-0.2, -0.15) is 0 Å². The van der Waals surface area contributed by atoms with Gasteiger partial charge in [0.15, 0.2) is 0 Å². The molecule has 0 spiro atoms. The van der Waals surface area contributed by atoms with E-state index < -0.39 is 5.60 Å². The first-order valence-corrected chi connectivity index (χ1v) is 5.35. The first-order chi connectivity index (χ1) is 6.35. The zero-order valence-electron chi connectivity index (χ0n) is 9.84. The van der Waals surface area contributed by atoms with E-state index in [0.29, 0.717) is 0 Å². The molecule has 1 N–H and O–H groups in total. The van der Waals surface area contributed by atoms with Crippen LogP contribution in [-0.4, -0.2) is 48.0 Å². The summed E-state index contributed by atoms with van der Waals surface area (Å²) in [7, 11) is 1.75. The summed E-state index contributed by atoms with van der Waals surface area (Å²) in [5, 5.41) is 9.78. The van der Waals surface area contributed by atoms with E-state index in [4.69, 9.17) is 4.74 Å². The minimum atomic E-state index is -0.475. The molecule has 3 heteroatoms. The number of β-amino-alcohol motifs (C(OH)–C–C–N with tert-alkyl or cyclic N) is 1. The van der Waals surface area contributed by atoms with Crippen molar-refractivity contribution in [2.24, 2.45) is 0 Å². The summed E-state index contributed by atoms with van der Waals surface area (Å²) < 4.78 is 5.36. The maximum absolute atomic E-state index is 9.78. The van der Waals surface area contributed by atoms with Crippen molar-refractivity contribution < 1.29 is 9.84 Å². The van der Waals surface area contributed by atoms with Gasteiger partial charge in [-0.25, -0.2) is 0 Å². The van der Waals surface area contributed by atoms with Crippen LogP contribution < -0.4 is 0 Å². The van der Waals surface area contributed by atoms with Crippen molar-refractivity contribution in [2.75, 3.05) is 26.7 Å². The molecule has 1 fully saturated rings. The average molecular weight is 201 g/mol. The zero-order valence-corrected chi connectivity index (χ0v) is 9.84. The lowest BCUT2D eigenvalue weighted by atomic mass is 10.1. The fraction of sp³-hybridized carbons (Fsp3) is 1.00. The molecule has 1 rings (SSSR count). The van der Waals surface area contributed by atoms with E-state index in [1.807, 2.05) is 6.92 Å². The van der Waals surface area contributed by atoms with Gasteiger partial charge >= 0.3 is 0 Å². The van der Waals surface area contributed by atoms with Crippen molar-refractivity contribution in [3.8, 4) is 0 Å². The lowest BCUT2D eigenvalue weighted by Gasteiger charge is -2.26. The topological polar surface area (TPSA) is 32.7 Å². The molecule has 84 valence electrons. The van der Waals surface area contributed by atoms with Gasteiger partial charge in [-0.3, -0.25) is 0 Å². The second kappa shape index (κ2) is 4.17. The Hall–Kier alpha value is -0.120. The predicted molar refractivity (Wildman–Crippen MR) is 57.4 cm³/mol. The molecule has 1 aliphatic rings. The summed E-state index contributed by atoms with van der Waals surface area (Å²) in [5.74, 6) is 0. The number of ether oxygens (including phenoxy) is 1. The number of hydrogen-bond acceptors (Lipinski definition) is 3. The Kier molecular flexibility index (Phi) is 3.56. The highest BCUT2D eigenvalue weighted by molar-refractivity contribution is 4.86. The summed E-state index contributed by atoms with van der Waals surface area (Å²) in [6.45, 7) is 8.92. The largest absolute Gasteiger partial charge is 0.389 e. The molecule has 0 aliphatic carbocycles. The molecule has 0 saturated carbocycles. The van der Waals surface area contributed by atoms with Crippen LogP contribution in [0.1, 0.15) is 33.6 Å². The molecule has 1 saturated heterocycles. The average Bonchev–Trinajstić information content (AvgIpc) is 2.43. The number of hydrogen-bond donors (Lipinski definition) is 1. The molecular formula is C11H23NO2. The van der Waals surface area contributed by atoms with Crippen LogP contribution in [0.25, 0.3) is 0 Å². The van der Waals surface area contributed by atoms with Crippen LogP contribution in [0.5, 0.6) is 0 Å². The molecule has 0 radical (unpaired) electrons. The molecule has 0 aromatic carbocycles. The predicted octanol–water partition coefficient (Wildman–Crippen LogP) is 1.26. The first-order valence-electron chi connectivity index (χ1n) is 5.35. The van der Waals surface area contributed by atoms with Crippen LogP contribution in [0.2, 0.25) is 0 Å². The van der Waals surface area contributed by atoms with Gasteiger partial charge in [0.05, 0.1) is 11.2 Å². The Morgan fingerprint density at radius 1 is 1.50 bits per heavy atom. The molecule has 0 amide bonds. The van der Waals surface area contributed by atoms with Gasteiger partial charge in [0.2, 0.25) is 0 Å². The Balaban J connectivity index is 2.27. The third kappa shape index (κ3) is 3.56. The molecule has 1 heterocycles. The Morgan fingerprint density at radius 2 is 2.14 bits per heavy atom. The van der Waals surface area contributed by atoms with E-state index in [1.165, 1.54) is 0 Å². The summed E-state index contributed by atoms with van der Waals surface area (Å²) in [6, 6.07) is 0. The molecule has 0 aromatic rings. The molecular weight excluding hydrogens is 178 g/mol. The van der Waals surface area contributed by atoms with Gasteiger partial charge in [0, 0.05) is 26.7 Å². The number of rotatable bonds is 4. The van der Waals surface area contributed by atoms with E-state index >= 15 is 0 Å². The fourth-order valence-electron chi connectivity index (χ4n) is 1.76. The van der Waals surface area contributed by atoms with Crippen molar-refractivity contribution in [3.05, 3.63) is 0 Å². The second-order valence-electron chi connectivity index (χ2n) is 5.24. The minimum absolute atomic E-state index is 0.0472. The monoisotopic (exact) mass is 201 g/mol. The smallest absolute Gasteiger partial charge is 0.0758 e. The molecule has 1 aliphatic heterocycles. The first kappa shape index (κ1) is 12.0. The van der Waals surface area contributed by atoms with E-state index in [1.54, 1.807) is 7.11 Å². The van der Waals surface area contributed by atoms with Gasteiger partial charge in [-0.05, 0) is 33.6 Å². The quantitative estimate of drug-likeness (QED) is 0.743. The highest BCUT2D eigenvalue weighted by Crippen LogP contribution is 2.22. The zero-order chi connectivity index (χ0) is 10.8. The third-order valence-electron chi connectivity index (χ3n) is 3.11. The fourth-order valence-corrected chi connectivity index (χ4v) is 1.76. The molecule has 1 atom stereocenters. The number of nitrogens with zero attached hydrogens (tertiary/aromatic N) is 1. The van der Waals surface area contributed by atoms with Gasteiger partial charge in [0.25, 0.3) is 0 Å². The lowest BCUT2D eigenvalue weighted by Crippen LogP contribution is -2.34. The molecule has 14 heavy (non-hydrogen) atoms. The van der Waals surface area contributed by atoms with E-state index in [9.17, 15) is 5.11 Å². The van der Waals surface area contributed by atoms with Crippen LogP contribution in [0.15, 0.2) is 0 Å². The number of aliphatic hydroxyl groups is 1. The summed E-state index contributed by atoms with van der Waals surface area (Å²) >= 11 is 0. The highest BCUT2D eigenvalue weighted by atomic mass is 16.5. The molecule has 0 bridgehead atoms. The maximum Gasteiger partial charge on any atom is 0.0758 e. The second-order valence-corrected chi connectivity index (χ2v) is 5.24. The van der Waals surface area contributed by atoms with Crippen molar-refractivity contribution in [1.29, 1.82) is 0 Å². The van der Waals surface area contributed by atoms with Crippen LogP contribution in [0.4, 0.5) is 0 Å². The summed E-state index contributed by atoms with van der Waals surface area (Å²) in [4.78, 5) is 2.31. The van der Waals surface area contributed by atoms with Crippen LogP contribution in [0.3, 0.4) is 0 Å². The molecule has 0 aromatic heterocycles. The van der Waals surface area contributed by atoms with Gasteiger partial charge in [-0.1, -0.05) is 0 Å². The van der Waals surface area contributed by atoms with E-state index in [2.05, 4.69) is 18.7 Å². The van der Waals surface area contributed by atoms with Crippen LogP contribution in [-0.2, 0) is 4.74 Å². The minimum Gasteiger partial charge on any atom is -0.389 e. The Morgan fingerprint density at radius 3 is 2.57 bits per heavy atom. The van der Waals surface area contributed by atoms with E-state index in [-0.39, 0.29) is 5.60 Å². The summed E-state index contributed by atoms with van der Waals surface area (Å²) in [5.41, 5.74) is -0.522. The van der Waals surface area contributed by atoms with Crippen LogP contribution >= 0.6 is 0 Å². The normalized spacial score (nSPS) is 29.8. The number of methoxy groups -OCH3 is 1. The summed E-state index contributed by atoms with van der Waals surface area (Å²) in [6.07, 6.45) is 1.90. The Labute approximate surface area is 87.1 Å². The van der Waals surface area contributed by atoms with Gasteiger partial charge < -0.3 is 14.7 Å². The highest BCUT2D eigenvalue weighted by Gasteiger charge is 2.31. The SMILES string of the molecule is COC(C)(C)CCN1CCC(C)(O)C1. The van der Waals surface area contributed by atoms with Gasteiger partial charge in [-0.15, -0.1) is 0 Å². The maximum atomic E-state index is 9.78. The van der Waals surface area contributed by atoms with E-state index in [0.717, 1.165) is 32.5 Å². The lowest BCUT2D eigenvalue weighted by molar-refractivity contribution is 0.00595. The van der Waals surface area contributed by atoms with Crippen molar-refractivity contribution >= 4 is 0 Å². The van der Waals surface area contributed by atoms with Gasteiger partial charge in [0.1, 0.15) is 0 Å². The standard InChI is InChI=1S/C11H23NO2/c1-10(2,14-4)5-7-12-8-6-11(3,13)9-12/h13H,5-9H2,1-4H3.